The number of hydrogen-bond donors (Lipinski definition) is 2. The first-order valence-corrected chi connectivity index (χ1v) is 8.16. The van der Waals surface area contributed by atoms with E-state index in [-0.39, 0.29) is 11.4 Å². The molecule has 20 heavy (non-hydrogen) atoms. The molecule has 1 aliphatic carbocycles. The monoisotopic (exact) mass is 294 g/mol. The summed E-state index contributed by atoms with van der Waals surface area (Å²) in [4.78, 5) is 0.107. The third-order valence-electron chi connectivity index (χ3n) is 3.67. The third-order valence-corrected chi connectivity index (χ3v) is 5.09. The summed E-state index contributed by atoms with van der Waals surface area (Å²) in [6.07, 6.45) is 4.20. The van der Waals surface area contributed by atoms with Gasteiger partial charge < -0.3 is 5.11 Å². The molecule has 0 spiro atoms. The zero-order valence-corrected chi connectivity index (χ0v) is 12.0. The van der Waals surface area contributed by atoms with Crippen LogP contribution in [-0.4, -0.2) is 25.7 Å². The summed E-state index contributed by atoms with van der Waals surface area (Å²) in [5, 5.41) is 19.0. The van der Waals surface area contributed by atoms with E-state index in [1.54, 1.807) is 0 Å². The molecule has 2 rings (SSSR count). The maximum Gasteiger partial charge on any atom is 0.240 e. The standard InChI is InChI=1S/C14H18N2O3S/c15-10-12-4-6-13(7-5-12)20(18,19)16-11-14(17)8-2-1-3-9-14/h4-7,16-17H,1-3,8-9,11H2. The van der Waals surface area contributed by atoms with Gasteiger partial charge in [0.2, 0.25) is 10.0 Å². The van der Waals surface area contributed by atoms with Crippen molar-refractivity contribution in [2.75, 3.05) is 6.54 Å². The second-order valence-electron chi connectivity index (χ2n) is 5.25. The number of nitrogens with one attached hydrogen (secondary N) is 1. The topological polar surface area (TPSA) is 90.2 Å². The minimum absolute atomic E-state index is 0.0370. The van der Waals surface area contributed by atoms with E-state index < -0.39 is 15.6 Å². The van der Waals surface area contributed by atoms with Crippen LogP contribution >= 0.6 is 0 Å². The van der Waals surface area contributed by atoms with Crippen molar-refractivity contribution in [3.8, 4) is 6.07 Å². The first kappa shape index (κ1) is 15.0. The molecule has 0 unspecified atom stereocenters. The summed E-state index contributed by atoms with van der Waals surface area (Å²) in [5.74, 6) is 0. The van der Waals surface area contributed by atoms with E-state index in [0.29, 0.717) is 18.4 Å². The summed E-state index contributed by atoms with van der Waals surface area (Å²) >= 11 is 0. The van der Waals surface area contributed by atoms with Crippen molar-refractivity contribution in [2.24, 2.45) is 0 Å². The number of nitriles is 1. The van der Waals surface area contributed by atoms with Crippen LogP contribution < -0.4 is 4.72 Å². The van der Waals surface area contributed by atoms with Gasteiger partial charge in [-0.3, -0.25) is 0 Å². The first-order valence-electron chi connectivity index (χ1n) is 6.67. The average Bonchev–Trinajstić information content (AvgIpc) is 2.46. The second-order valence-corrected chi connectivity index (χ2v) is 7.01. The summed E-state index contributed by atoms with van der Waals surface area (Å²) in [5.41, 5.74) is -0.521. The molecule has 0 aromatic heterocycles. The molecule has 2 N–H and O–H groups in total. The van der Waals surface area contributed by atoms with Gasteiger partial charge in [-0.2, -0.15) is 5.26 Å². The highest BCUT2D eigenvalue weighted by molar-refractivity contribution is 7.89. The van der Waals surface area contributed by atoms with Gasteiger partial charge in [0.15, 0.2) is 0 Å². The molecule has 0 aliphatic heterocycles. The van der Waals surface area contributed by atoms with E-state index in [9.17, 15) is 13.5 Å². The van der Waals surface area contributed by atoms with Gasteiger partial charge >= 0.3 is 0 Å². The number of aliphatic hydroxyl groups is 1. The Morgan fingerprint density at radius 3 is 2.35 bits per heavy atom. The number of benzene rings is 1. The molecule has 1 aromatic rings. The van der Waals surface area contributed by atoms with Gasteiger partial charge in [0.05, 0.1) is 22.1 Å². The predicted molar refractivity (Wildman–Crippen MR) is 74.4 cm³/mol. The first-order chi connectivity index (χ1) is 9.45. The van der Waals surface area contributed by atoms with Crippen LogP contribution in [-0.2, 0) is 10.0 Å². The predicted octanol–water partition coefficient (Wildman–Crippen LogP) is 1.53. The van der Waals surface area contributed by atoms with Gasteiger partial charge in [0.25, 0.3) is 0 Å². The molecule has 1 aliphatic rings. The molecule has 0 atom stereocenters. The Balaban J connectivity index is 2.05. The Labute approximate surface area is 119 Å². The van der Waals surface area contributed by atoms with E-state index in [1.807, 2.05) is 6.07 Å². The molecule has 0 bridgehead atoms. The molecule has 1 fully saturated rings. The lowest BCUT2D eigenvalue weighted by Gasteiger charge is -2.32. The molecular formula is C14H18N2O3S. The fourth-order valence-corrected chi connectivity index (χ4v) is 3.53. The summed E-state index contributed by atoms with van der Waals surface area (Å²) < 4.78 is 26.7. The van der Waals surface area contributed by atoms with Crippen LogP contribution in [0.1, 0.15) is 37.7 Å². The molecule has 1 saturated carbocycles. The van der Waals surface area contributed by atoms with Gasteiger partial charge in [-0.25, -0.2) is 13.1 Å². The third kappa shape index (κ3) is 3.57. The number of rotatable bonds is 4. The molecule has 1 aromatic carbocycles. The van der Waals surface area contributed by atoms with Crippen molar-refractivity contribution in [1.29, 1.82) is 5.26 Å². The van der Waals surface area contributed by atoms with Crippen molar-refractivity contribution in [3.05, 3.63) is 29.8 Å². The Bertz CT molecular complexity index is 596. The second kappa shape index (κ2) is 5.92. The van der Waals surface area contributed by atoms with Crippen molar-refractivity contribution < 1.29 is 13.5 Å². The van der Waals surface area contributed by atoms with Crippen molar-refractivity contribution >= 4 is 10.0 Å². The van der Waals surface area contributed by atoms with E-state index >= 15 is 0 Å². The minimum Gasteiger partial charge on any atom is -0.389 e. The highest BCUT2D eigenvalue weighted by Crippen LogP contribution is 2.27. The molecule has 0 radical (unpaired) electrons. The van der Waals surface area contributed by atoms with Gasteiger partial charge in [-0.1, -0.05) is 19.3 Å². The normalized spacial score (nSPS) is 18.4. The maximum atomic E-state index is 12.1. The SMILES string of the molecule is N#Cc1ccc(S(=O)(=O)NCC2(O)CCCCC2)cc1. The summed E-state index contributed by atoms with van der Waals surface area (Å²) in [6.45, 7) is 0.0370. The Kier molecular flexibility index (Phi) is 4.43. The van der Waals surface area contributed by atoms with E-state index in [4.69, 9.17) is 5.26 Å². The van der Waals surface area contributed by atoms with E-state index in [2.05, 4.69) is 4.72 Å². The van der Waals surface area contributed by atoms with Crippen LogP contribution in [0.5, 0.6) is 0 Å². The lowest BCUT2D eigenvalue weighted by atomic mass is 9.85. The van der Waals surface area contributed by atoms with Gasteiger partial charge in [-0.15, -0.1) is 0 Å². The van der Waals surface area contributed by atoms with Crippen LogP contribution in [0.4, 0.5) is 0 Å². The average molecular weight is 294 g/mol. The van der Waals surface area contributed by atoms with Crippen LogP contribution in [0.2, 0.25) is 0 Å². The quantitative estimate of drug-likeness (QED) is 0.881. The Hall–Kier alpha value is -1.42. The maximum absolute atomic E-state index is 12.1. The largest absolute Gasteiger partial charge is 0.389 e. The minimum atomic E-state index is -3.64. The Morgan fingerprint density at radius 1 is 1.20 bits per heavy atom. The van der Waals surface area contributed by atoms with Gasteiger partial charge in [0, 0.05) is 6.54 Å². The van der Waals surface area contributed by atoms with Crippen LogP contribution in [0.25, 0.3) is 0 Å². The molecular weight excluding hydrogens is 276 g/mol. The highest BCUT2D eigenvalue weighted by atomic mass is 32.2. The van der Waals surface area contributed by atoms with Crippen LogP contribution in [0.3, 0.4) is 0 Å². The Morgan fingerprint density at radius 2 is 1.80 bits per heavy atom. The zero-order valence-electron chi connectivity index (χ0n) is 11.2. The highest BCUT2D eigenvalue weighted by Gasteiger charge is 2.30. The number of hydrogen-bond acceptors (Lipinski definition) is 4. The smallest absolute Gasteiger partial charge is 0.240 e. The molecule has 6 heteroatoms. The lowest BCUT2D eigenvalue weighted by molar-refractivity contribution is 0.00945. The van der Waals surface area contributed by atoms with Crippen molar-refractivity contribution in [2.45, 2.75) is 42.6 Å². The van der Waals surface area contributed by atoms with Crippen molar-refractivity contribution in [1.82, 2.24) is 4.72 Å². The number of nitrogens with zero attached hydrogens (tertiary/aromatic N) is 1. The fraction of sp³-hybridized carbons (Fsp3) is 0.500. The summed E-state index contributed by atoms with van der Waals surface area (Å²) in [6, 6.07) is 7.65. The molecule has 108 valence electrons. The van der Waals surface area contributed by atoms with E-state index in [0.717, 1.165) is 19.3 Å². The van der Waals surface area contributed by atoms with Crippen LogP contribution in [0, 0.1) is 11.3 Å². The van der Waals surface area contributed by atoms with Crippen LogP contribution in [0.15, 0.2) is 29.2 Å². The molecule has 0 heterocycles. The summed E-state index contributed by atoms with van der Waals surface area (Å²) in [7, 11) is -3.64. The lowest BCUT2D eigenvalue weighted by Crippen LogP contribution is -2.44. The molecule has 0 saturated heterocycles. The van der Waals surface area contributed by atoms with Gasteiger partial charge in [-0.05, 0) is 37.1 Å². The fourth-order valence-electron chi connectivity index (χ4n) is 2.41. The molecule has 0 amide bonds. The van der Waals surface area contributed by atoms with Gasteiger partial charge in [0.1, 0.15) is 0 Å². The van der Waals surface area contributed by atoms with Crippen molar-refractivity contribution in [3.63, 3.8) is 0 Å². The molecule has 5 nitrogen and oxygen atoms in total. The zero-order chi connectivity index (χ0) is 14.6. The number of sulfonamides is 1. The van der Waals surface area contributed by atoms with E-state index in [1.165, 1.54) is 24.3 Å².